The standard InChI is InChI=1S/C19H24N2O/c22-19(20-17-8-4-2-1-3-5-9-17)16-10-12-18(13-11-16)21-14-6-7-15-21/h6-7,10-15,17H,1-5,8-9H2,(H,20,22). The lowest BCUT2D eigenvalue weighted by atomic mass is 9.96. The Bertz CT molecular complexity index is 578. The first kappa shape index (κ1) is 14.9. The van der Waals surface area contributed by atoms with Gasteiger partial charge in [0.25, 0.3) is 5.91 Å². The summed E-state index contributed by atoms with van der Waals surface area (Å²) in [5.41, 5.74) is 1.82. The maximum atomic E-state index is 12.4. The highest BCUT2D eigenvalue weighted by molar-refractivity contribution is 5.94. The number of nitrogens with zero attached hydrogens (tertiary/aromatic N) is 1. The summed E-state index contributed by atoms with van der Waals surface area (Å²) in [6.07, 6.45) is 12.7. The van der Waals surface area contributed by atoms with E-state index in [0.29, 0.717) is 6.04 Å². The van der Waals surface area contributed by atoms with Crippen molar-refractivity contribution in [2.24, 2.45) is 0 Å². The predicted octanol–water partition coefficient (Wildman–Crippen LogP) is 4.32. The first-order chi connectivity index (χ1) is 10.8. The fourth-order valence-electron chi connectivity index (χ4n) is 3.16. The maximum absolute atomic E-state index is 12.4. The second kappa shape index (κ2) is 7.30. The topological polar surface area (TPSA) is 34.0 Å². The van der Waals surface area contributed by atoms with Gasteiger partial charge in [-0.15, -0.1) is 0 Å². The number of hydrogen-bond acceptors (Lipinski definition) is 1. The number of hydrogen-bond donors (Lipinski definition) is 1. The third-order valence-corrected chi connectivity index (χ3v) is 4.47. The van der Waals surface area contributed by atoms with Gasteiger partial charge in [-0.3, -0.25) is 4.79 Å². The molecule has 22 heavy (non-hydrogen) atoms. The Labute approximate surface area is 132 Å². The molecule has 1 aliphatic carbocycles. The highest BCUT2D eigenvalue weighted by Crippen LogP contribution is 2.18. The smallest absolute Gasteiger partial charge is 0.251 e. The monoisotopic (exact) mass is 296 g/mol. The van der Waals surface area contributed by atoms with Crippen molar-refractivity contribution >= 4 is 5.91 Å². The molecular formula is C19H24N2O. The van der Waals surface area contributed by atoms with Crippen LogP contribution < -0.4 is 5.32 Å². The van der Waals surface area contributed by atoms with Gasteiger partial charge in [-0.05, 0) is 49.2 Å². The Hall–Kier alpha value is -2.03. The molecular weight excluding hydrogens is 272 g/mol. The highest BCUT2D eigenvalue weighted by Gasteiger charge is 2.15. The third kappa shape index (κ3) is 3.79. The van der Waals surface area contributed by atoms with Gasteiger partial charge in [-0.25, -0.2) is 0 Å². The average molecular weight is 296 g/mol. The maximum Gasteiger partial charge on any atom is 0.251 e. The minimum absolute atomic E-state index is 0.0598. The number of nitrogens with one attached hydrogen (secondary N) is 1. The summed E-state index contributed by atoms with van der Waals surface area (Å²) < 4.78 is 2.04. The van der Waals surface area contributed by atoms with Crippen molar-refractivity contribution in [1.82, 2.24) is 9.88 Å². The molecule has 3 rings (SSSR count). The second-order valence-corrected chi connectivity index (χ2v) is 6.15. The molecule has 0 spiro atoms. The van der Waals surface area contributed by atoms with E-state index < -0.39 is 0 Å². The molecule has 0 atom stereocenters. The van der Waals surface area contributed by atoms with Crippen LogP contribution in [-0.2, 0) is 0 Å². The second-order valence-electron chi connectivity index (χ2n) is 6.15. The fraction of sp³-hybridized carbons (Fsp3) is 0.421. The molecule has 0 saturated heterocycles. The van der Waals surface area contributed by atoms with E-state index in [1.165, 1.54) is 32.1 Å². The molecule has 3 nitrogen and oxygen atoms in total. The lowest BCUT2D eigenvalue weighted by Gasteiger charge is -2.21. The first-order valence-corrected chi connectivity index (χ1v) is 8.37. The van der Waals surface area contributed by atoms with Crippen LogP contribution in [-0.4, -0.2) is 16.5 Å². The van der Waals surface area contributed by atoms with E-state index in [0.717, 1.165) is 24.1 Å². The van der Waals surface area contributed by atoms with Gasteiger partial charge >= 0.3 is 0 Å². The SMILES string of the molecule is O=C(NC1CCCCCCC1)c1ccc(-n2cccc2)cc1. The zero-order valence-electron chi connectivity index (χ0n) is 13.0. The number of rotatable bonds is 3. The summed E-state index contributed by atoms with van der Waals surface area (Å²) in [6.45, 7) is 0. The van der Waals surface area contributed by atoms with E-state index >= 15 is 0 Å². The summed E-state index contributed by atoms with van der Waals surface area (Å²) in [4.78, 5) is 12.4. The van der Waals surface area contributed by atoms with Gasteiger partial charge < -0.3 is 9.88 Å². The quantitative estimate of drug-likeness (QED) is 0.899. The largest absolute Gasteiger partial charge is 0.349 e. The van der Waals surface area contributed by atoms with Gasteiger partial charge in [0.05, 0.1) is 0 Å². The summed E-state index contributed by atoms with van der Waals surface area (Å²) >= 11 is 0. The molecule has 1 aromatic carbocycles. The highest BCUT2D eigenvalue weighted by atomic mass is 16.1. The van der Waals surface area contributed by atoms with Crippen LogP contribution in [0.5, 0.6) is 0 Å². The Kier molecular flexibility index (Phi) is 4.94. The number of aromatic nitrogens is 1. The van der Waals surface area contributed by atoms with Crippen molar-refractivity contribution in [1.29, 1.82) is 0 Å². The van der Waals surface area contributed by atoms with E-state index in [-0.39, 0.29) is 5.91 Å². The molecule has 0 radical (unpaired) electrons. The van der Waals surface area contributed by atoms with Crippen molar-refractivity contribution < 1.29 is 4.79 Å². The van der Waals surface area contributed by atoms with Crippen LogP contribution in [0.2, 0.25) is 0 Å². The molecule has 3 heteroatoms. The van der Waals surface area contributed by atoms with Crippen molar-refractivity contribution in [3.8, 4) is 5.69 Å². The molecule has 1 N–H and O–H groups in total. The summed E-state index contributed by atoms with van der Waals surface area (Å²) in [5.74, 6) is 0.0598. The zero-order valence-corrected chi connectivity index (χ0v) is 13.0. The summed E-state index contributed by atoms with van der Waals surface area (Å²) in [5, 5.41) is 3.21. The van der Waals surface area contributed by atoms with Gasteiger partial charge in [0.15, 0.2) is 0 Å². The molecule has 1 aromatic heterocycles. The molecule has 1 heterocycles. The van der Waals surface area contributed by atoms with E-state index in [1.807, 2.05) is 53.4 Å². The van der Waals surface area contributed by atoms with Crippen molar-refractivity contribution in [2.45, 2.75) is 51.0 Å². The van der Waals surface area contributed by atoms with E-state index in [2.05, 4.69) is 5.32 Å². The van der Waals surface area contributed by atoms with Gasteiger partial charge in [0.1, 0.15) is 0 Å². The Balaban J connectivity index is 1.62. The normalized spacial score (nSPS) is 16.7. The fourth-order valence-corrected chi connectivity index (χ4v) is 3.16. The summed E-state index contributed by atoms with van der Waals surface area (Å²) in [6, 6.07) is 12.1. The molecule has 1 fully saturated rings. The summed E-state index contributed by atoms with van der Waals surface area (Å²) in [7, 11) is 0. The van der Waals surface area contributed by atoms with Crippen LogP contribution in [0, 0.1) is 0 Å². The predicted molar refractivity (Wildman–Crippen MR) is 89.3 cm³/mol. The van der Waals surface area contributed by atoms with Crippen LogP contribution in [0.4, 0.5) is 0 Å². The van der Waals surface area contributed by atoms with Gasteiger partial charge in [0, 0.05) is 29.7 Å². The number of amides is 1. The van der Waals surface area contributed by atoms with Crippen molar-refractivity contribution in [3.05, 3.63) is 54.4 Å². The van der Waals surface area contributed by atoms with Crippen molar-refractivity contribution in [2.75, 3.05) is 0 Å². The van der Waals surface area contributed by atoms with Crippen molar-refractivity contribution in [3.63, 3.8) is 0 Å². The molecule has 0 aliphatic heterocycles. The Morgan fingerprint density at radius 3 is 2.14 bits per heavy atom. The molecule has 1 aliphatic rings. The van der Waals surface area contributed by atoms with Crippen LogP contribution in [0.15, 0.2) is 48.8 Å². The number of carbonyl (C=O) groups excluding carboxylic acids is 1. The molecule has 2 aromatic rings. The lowest BCUT2D eigenvalue weighted by Crippen LogP contribution is -2.35. The van der Waals surface area contributed by atoms with E-state index in [9.17, 15) is 4.79 Å². The van der Waals surface area contributed by atoms with Gasteiger partial charge in [-0.2, -0.15) is 0 Å². The number of carbonyl (C=O) groups is 1. The molecule has 1 saturated carbocycles. The van der Waals surface area contributed by atoms with E-state index in [4.69, 9.17) is 0 Å². The molecule has 0 bridgehead atoms. The van der Waals surface area contributed by atoms with Crippen LogP contribution in [0.3, 0.4) is 0 Å². The Morgan fingerprint density at radius 1 is 0.909 bits per heavy atom. The van der Waals surface area contributed by atoms with Gasteiger partial charge in [0.2, 0.25) is 0 Å². The molecule has 1 amide bonds. The van der Waals surface area contributed by atoms with Crippen LogP contribution in [0.25, 0.3) is 5.69 Å². The lowest BCUT2D eigenvalue weighted by molar-refractivity contribution is 0.0930. The minimum Gasteiger partial charge on any atom is -0.349 e. The van der Waals surface area contributed by atoms with Gasteiger partial charge in [-0.1, -0.05) is 32.1 Å². The Morgan fingerprint density at radius 2 is 1.50 bits per heavy atom. The van der Waals surface area contributed by atoms with Crippen LogP contribution in [0.1, 0.15) is 55.3 Å². The zero-order chi connectivity index (χ0) is 15.2. The number of benzene rings is 1. The van der Waals surface area contributed by atoms with E-state index in [1.54, 1.807) is 0 Å². The molecule has 116 valence electrons. The average Bonchev–Trinajstić information content (AvgIpc) is 3.04. The first-order valence-electron chi connectivity index (χ1n) is 8.37. The molecule has 0 unspecified atom stereocenters. The van der Waals surface area contributed by atoms with Crippen LogP contribution >= 0.6 is 0 Å². The third-order valence-electron chi connectivity index (χ3n) is 4.47. The minimum atomic E-state index is 0.0598.